The number of ether oxygens (including phenoxy) is 4. The summed E-state index contributed by atoms with van der Waals surface area (Å²) < 4.78 is 24.5. The standard InChI is InChI=1S/C30H40ClNO8/c1-6-17-20-9-8-18-23-24(34)19(13-37-5)26(39-29(36)21-11-16(31)12-32-21)27(18)40-30(20,23)15(4)10-14(3)25(22(33)7-2)38-28(17)35/h8-12,14,17-20,22-27,32-34H,6-7,13H2,1-5H3/b15-10+/t14-,17-,18-,19-,20-,22-,23+,24-,25+,26-,27-,30+/m1/s1. The number of methoxy groups -OCH3 is 1. The largest absolute Gasteiger partial charge is 0.459 e. The number of cyclic esters (lactones) is 1. The third-order valence-electron chi connectivity index (χ3n) is 9.55. The van der Waals surface area contributed by atoms with Crippen molar-refractivity contribution in [1.82, 2.24) is 4.98 Å². The second kappa shape index (κ2) is 11.2. The topological polar surface area (TPSA) is 127 Å². The summed E-state index contributed by atoms with van der Waals surface area (Å²) in [5.41, 5.74) is 0.0362. The Morgan fingerprint density at radius 3 is 2.67 bits per heavy atom. The summed E-state index contributed by atoms with van der Waals surface area (Å²) in [4.78, 5) is 29.6. The van der Waals surface area contributed by atoms with E-state index in [1.165, 1.54) is 12.3 Å². The fraction of sp³-hybridized carbons (Fsp3) is 0.667. The molecule has 0 aromatic carbocycles. The Labute approximate surface area is 239 Å². The van der Waals surface area contributed by atoms with Crippen LogP contribution in [0.5, 0.6) is 0 Å². The van der Waals surface area contributed by atoms with Gasteiger partial charge in [-0.2, -0.15) is 0 Å². The van der Waals surface area contributed by atoms with Crippen molar-refractivity contribution >= 4 is 23.5 Å². The molecule has 220 valence electrons. The Morgan fingerprint density at radius 2 is 2.05 bits per heavy atom. The molecule has 0 radical (unpaired) electrons. The Balaban J connectivity index is 1.61. The summed E-state index contributed by atoms with van der Waals surface area (Å²) in [5.74, 6) is -3.49. The molecule has 3 N–H and O–H groups in total. The van der Waals surface area contributed by atoms with E-state index < -0.39 is 65.8 Å². The monoisotopic (exact) mass is 577 g/mol. The van der Waals surface area contributed by atoms with Gasteiger partial charge < -0.3 is 34.1 Å². The van der Waals surface area contributed by atoms with Crippen LogP contribution < -0.4 is 0 Å². The van der Waals surface area contributed by atoms with Gasteiger partial charge in [-0.3, -0.25) is 4.79 Å². The number of carbonyl (C=O) groups is 2. The average molecular weight is 578 g/mol. The number of aromatic amines is 1. The molecule has 1 aromatic rings. The van der Waals surface area contributed by atoms with E-state index in [1.54, 1.807) is 7.11 Å². The molecule has 1 spiro atoms. The molecule has 2 fully saturated rings. The van der Waals surface area contributed by atoms with Gasteiger partial charge in [0, 0.05) is 42.9 Å². The number of esters is 2. The van der Waals surface area contributed by atoms with Gasteiger partial charge in [-0.1, -0.05) is 50.6 Å². The zero-order valence-corrected chi connectivity index (χ0v) is 24.3. The molecular weight excluding hydrogens is 538 g/mol. The smallest absolute Gasteiger partial charge is 0.355 e. The van der Waals surface area contributed by atoms with Crippen molar-refractivity contribution in [2.75, 3.05) is 13.7 Å². The van der Waals surface area contributed by atoms with Gasteiger partial charge in [0.2, 0.25) is 0 Å². The fourth-order valence-corrected chi connectivity index (χ4v) is 7.87. The number of nitrogens with one attached hydrogen (secondary N) is 1. The van der Waals surface area contributed by atoms with Gasteiger partial charge in [0.1, 0.15) is 29.6 Å². The van der Waals surface area contributed by atoms with Crippen LogP contribution in [-0.2, 0) is 23.7 Å². The molecule has 0 amide bonds. The quantitative estimate of drug-likeness (QED) is 0.331. The molecule has 9 nitrogen and oxygen atoms in total. The maximum Gasteiger partial charge on any atom is 0.355 e. The number of aliphatic hydroxyl groups excluding tert-OH is 2. The Kier molecular flexibility index (Phi) is 8.25. The number of halogens is 1. The maximum atomic E-state index is 13.7. The average Bonchev–Trinajstić information content (AvgIpc) is 3.44. The lowest BCUT2D eigenvalue weighted by atomic mass is 9.56. The van der Waals surface area contributed by atoms with Gasteiger partial charge in [0.05, 0.1) is 29.8 Å². The Hall–Kier alpha value is -2.17. The molecule has 5 rings (SSSR count). The minimum atomic E-state index is -1.04. The number of carbonyl (C=O) groups excluding carboxylic acids is 2. The summed E-state index contributed by atoms with van der Waals surface area (Å²) >= 11 is 6.02. The summed E-state index contributed by atoms with van der Waals surface area (Å²) in [6, 6.07) is 1.49. The lowest BCUT2D eigenvalue weighted by molar-refractivity contribution is -0.168. The van der Waals surface area contributed by atoms with Crippen molar-refractivity contribution < 1.29 is 38.7 Å². The summed E-state index contributed by atoms with van der Waals surface area (Å²) in [7, 11) is 1.55. The van der Waals surface area contributed by atoms with Crippen molar-refractivity contribution in [2.45, 2.75) is 76.7 Å². The van der Waals surface area contributed by atoms with Crippen molar-refractivity contribution in [3.05, 3.63) is 46.8 Å². The summed E-state index contributed by atoms with van der Waals surface area (Å²) in [6.45, 7) is 7.84. The van der Waals surface area contributed by atoms with Gasteiger partial charge in [-0.05, 0) is 31.4 Å². The molecule has 10 heteroatoms. The molecule has 4 aliphatic rings. The highest BCUT2D eigenvalue weighted by molar-refractivity contribution is 6.30. The molecule has 2 aliphatic carbocycles. The van der Waals surface area contributed by atoms with E-state index in [-0.39, 0.29) is 30.1 Å². The minimum Gasteiger partial charge on any atom is -0.459 e. The van der Waals surface area contributed by atoms with Crippen LogP contribution in [0.4, 0.5) is 0 Å². The zero-order chi connectivity index (χ0) is 28.9. The third-order valence-corrected chi connectivity index (χ3v) is 9.77. The molecule has 1 saturated heterocycles. The van der Waals surface area contributed by atoms with Crippen LogP contribution in [0.2, 0.25) is 5.02 Å². The molecule has 1 saturated carbocycles. The van der Waals surface area contributed by atoms with Crippen molar-refractivity contribution in [1.29, 1.82) is 0 Å². The number of hydrogen-bond acceptors (Lipinski definition) is 8. The highest BCUT2D eigenvalue weighted by Crippen LogP contribution is 2.62. The van der Waals surface area contributed by atoms with Crippen molar-refractivity contribution in [3.8, 4) is 0 Å². The van der Waals surface area contributed by atoms with Crippen LogP contribution in [0.3, 0.4) is 0 Å². The van der Waals surface area contributed by atoms with Gasteiger partial charge in [0.25, 0.3) is 0 Å². The van der Waals surface area contributed by atoms with E-state index in [2.05, 4.69) is 4.98 Å². The molecule has 0 unspecified atom stereocenters. The Bertz CT molecular complexity index is 1180. The second-order valence-corrected chi connectivity index (χ2v) is 12.1. The van der Waals surface area contributed by atoms with Gasteiger partial charge >= 0.3 is 11.9 Å². The van der Waals surface area contributed by atoms with Gasteiger partial charge in [-0.15, -0.1) is 0 Å². The minimum absolute atomic E-state index is 0.154. The number of rotatable bonds is 7. The van der Waals surface area contributed by atoms with Crippen LogP contribution in [0.25, 0.3) is 0 Å². The normalized spacial score (nSPS) is 42.5. The number of H-pyrrole nitrogens is 1. The molecule has 12 atom stereocenters. The van der Waals surface area contributed by atoms with Crippen LogP contribution in [0, 0.1) is 35.5 Å². The number of aliphatic hydroxyl groups is 2. The lowest BCUT2D eigenvalue weighted by Crippen LogP contribution is -2.59. The van der Waals surface area contributed by atoms with Gasteiger partial charge in [0.15, 0.2) is 0 Å². The second-order valence-electron chi connectivity index (χ2n) is 11.7. The van der Waals surface area contributed by atoms with E-state index in [4.69, 9.17) is 30.5 Å². The highest BCUT2D eigenvalue weighted by atomic mass is 35.5. The number of aromatic nitrogens is 1. The summed E-state index contributed by atoms with van der Waals surface area (Å²) in [6.07, 6.45) is 4.61. The molecular formula is C30H40ClNO8. The van der Waals surface area contributed by atoms with E-state index in [9.17, 15) is 19.8 Å². The predicted molar refractivity (Wildman–Crippen MR) is 146 cm³/mol. The fourth-order valence-electron chi connectivity index (χ4n) is 7.71. The van der Waals surface area contributed by atoms with E-state index in [1.807, 2.05) is 45.9 Å². The lowest BCUT2D eigenvalue weighted by Gasteiger charge is -2.49. The zero-order valence-electron chi connectivity index (χ0n) is 23.6. The summed E-state index contributed by atoms with van der Waals surface area (Å²) in [5, 5.41) is 23.1. The SMILES string of the molecule is CC[C@@H](O)[C@H]1OC(=O)[C@H](CC)[C@H]2C=C[C@H]3[C@H]4O[C@]2(/C(C)=C/[C@H]1C)[C@@H]3[C@H](O)[C@@H](COC)[C@H]4OC(=O)c1cc(Cl)c[nH]1. The predicted octanol–water partition coefficient (Wildman–Crippen LogP) is 3.69. The number of hydrogen-bond donors (Lipinski definition) is 3. The molecule has 4 bridgehead atoms. The third kappa shape index (κ3) is 4.54. The van der Waals surface area contributed by atoms with Crippen LogP contribution in [0.1, 0.15) is 51.0 Å². The highest BCUT2D eigenvalue weighted by Gasteiger charge is 2.70. The first-order valence-corrected chi connectivity index (χ1v) is 14.6. The van der Waals surface area contributed by atoms with Crippen LogP contribution in [-0.4, -0.2) is 77.0 Å². The molecule has 1 aromatic heterocycles. The van der Waals surface area contributed by atoms with Crippen LogP contribution >= 0.6 is 11.6 Å². The molecule has 3 heterocycles. The van der Waals surface area contributed by atoms with E-state index in [0.717, 1.165) is 5.57 Å². The first kappa shape index (κ1) is 29.3. The maximum absolute atomic E-state index is 13.7. The first-order chi connectivity index (χ1) is 19.1. The first-order valence-electron chi connectivity index (χ1n) is 14.2. The van der Waals surface area contributed by atoms with Crippen LogP contribution in [0.15, 0.2) is 36.1 Å². The Morgan fingerprint density at radius 1 is 1.30 bits per heavy atom. The van der Waals surface area contributed by atoms with E-state index in [0.29, 0.717) is 17.9 Å². The molecule has 40 heavy (non-hydrogen) atoms. The van der Waals surface area contributed by atoms with Crippen molar-refractivity contribution in [2.24, 2.45) is 35.5 Å². The van der Waals surface area contributed by atoms with E-state index >= 15 is 0 Å². The molecule has 2 aliphatic heterocycles. The van der Waals surface area contributed by atoms with Crippen molar-refractivity contribution in [3.63, 3.8) is 0 Å². The van der Waals surface area contributed by atoms with Gasteiger partial charge in [-0.25, -0.2) is 4.79 Å².